The minimum Gasteiger partial charge on any atom is -0.444 e. The molecule has 1 aliphatic rings. The van der Waals surface area contributed by atoms with Gasteiger partial charge in [0, 0.05) is 25.0 Å². The van der Waals surface area contributed by atoms with Crippen LogP contribution in [0.2, 0.25) is 0 Å². The van der Waals surface area contributed by atoms with Crippen molar-refractivity contribution < 1.29 is 22.7 Å². The van der Waals surface area contributed by atoms with E-state index in [1.165, 1.54) is 17.2 Å². The Labute approximate surface area is 152 Å². The zero-order chi connectivity index (χ0) is 20.1. The summed E-state index contributed by atoms with van der Waals surface area (Å²) in [6.45, 7) is 9.88. The van der Waals surface area contributed by atoms with E-state index in [1.807, 2.05) is 0 Å². The quantitative estimate of drug-likeness (QED) is 0.583. The molecule has 0 spiro atoms. The van der Waals surface area contributed by atoms with Crippen LogP contribution in [-0.4, -0.2) is 48.6 Å². The van der Waals surface area contributed by atoms with Crippen molar-refractivity contribution in [3.63, 3.8) is 0 Å². The van der Waals surface area contributed by atoms with Crippen LogP contribution in [0.25, 0.3) is 0 Å². The predicted octanol–water partition coefficient (Wildman–Crippen LogP) is 3.17. The van der Waals surface area contributed by atoms with Gasteiger partial charge in [-0.2, -0.15) is 13.2 Å². The topological polar surface area (TPSA) is 80.0 Å². The van der Waals surface area contributed by atoms with E-state index in [2.05, 4.69) is 17.0 Å². The highest BCUT2D eigenvalue weighted by molar-refractivity contribution is 5.68. The zero-order valence-electron chi connectivity index (χ0n) is 15.6. The first-order chi connectivity index (χ1) is 11.8. The van der Waals surface area contributed by atoms with E-state index >= 15 is 0 Å². The summed E-state index contributed by atoms with van der Waals surface area (Å²) in [5.41, 5.74) is 5.86. The number of ether oxygens (including phenoxy) is 1. The molecule has 1 heterocycles. The Morgan fingerprint density at radius 1 is 1.35 bits per heavy atom. The molecule has 0 radical (unpaired) electrons. The number of alkyl carbamates (subject to hydrolysis) is 1. The Balaban J connectivity index is 3.02. The molecule has 3 N–H and O–H groups in total. The van der Waals surface area contributed by atoms with E-state index in [-0.39, 0.29) is 19.5 Å². The molecule has 26 heavy (non-hydrogen) atoms. The van der Waals surface area contributed by atoms with E-state index in [0.29, 0.717) is 11.4 Å². The van der Waals surface area contributed by atoms with Crippen molar-refractivity contribution in [3.05, 3.63) is 23.7 Å². The highest BCUT2D eigenvalue weighted by atomic mass is 19.4. The molecular formula is C17H27F3N4O2. The van der Waals surface area contributed by atoms with Crippen molar-refractivity contribution in [3.8, 4) is 0 Å². The maximum Gasteiger partial charge on any atom is 0.407 e. The molecule has 1 saturated heterocycles. The van der Waals surface area contributed by atoms with Crippen LogP contribution in [0.5, 0.6) is 0 Å². The fourth-order valence-electron chi connectivity index (χ4n) is 2.72. The fraction of sp³-hybridized carbons (Fsp3) is 0.647. The molecule has 0 unspecified atom stereocenters. The molecule has 1 aliphatic heterocycles. The summed E-state index contributed by atoms with van der Waals surface area (Å²) in [6, 6.07) is -0.732. The number of rotatable bonds is 4. The number of nitrogens with two attached hydrogens (primary N) is 1. The molecule has 1 amide bonds. The predicted molar refractivity (Wildman–Crippen MR) is 94.5 cm³/mol. The number of carbonyl (C=O) groups is 1. The molecule has 0 saturated carbocycles. The van der Waals surface area contributed by atoms with Gasteiger partial charge in [-0.05, 0) is 46.9 Å². The maximum atomic E-state index is 13.3. The molecule has 6 nitrogen and oxygen atoms in total. The monoisotopic (exact) mass is 376 g/mol. The van der Waals surface area contributed by atoms with E-state index in [1.54, 1.807) is 27.7 Å². The van der Waals surface area contributed by atoms with Gasteiger partial charge < -0.3 is 20.7 Å². The van der Waals surface area contributed by atoms with Crippen molar-refractivity contribution in [2.24, 2.45) is 16.6 Å². The van der Waals surface area contributed by atoms with Gasteiger partial charge >= 0.3 is 12.3 Å². The number of hydrogen-bond donors (Lipinski definition) is 2. The summed E-state index contributed by atoms with van der Waals surface area (Å²) in [7, 11) is 0. The standard InChI is InChI=1S/C17H27F3N4O2/c1-11(21)14(6-7-22-5)24-9-12(17(18,19)20)8-13(10-24)23-15(25)26-16(2,3)4/h6-7,12-13H,5,8-10,21H2,1-4H3,(H,23,25)/b7-6-,14-11-/t12-,13+/m1/s1. The van der Waals surface area contributed by atoms with E-state index < -0.39 is 29.8 Å². The number of likely N-dealkylation sites (tertiary alicyclic amines) is 1. The van der Waals surface area contributed by atoms with Crippen LogP contribution < -0.4 is 11.1 Å². The molecular weight excluding hydrogens is 349 g/mol. The van der Waals surface area contributed by atoms with Gasteiger partial charge in [0.15, 0.2) is 0 Å². The summed E-state index contributed by atoms with van der Waals surface area (Å²) < 4.78 is 45.2. The Kier molecular flexibility index (Phi) is 7.11. The molecule has 9 heteroatoms. The molecule has 0 aromatic carbocycles. The van der Waals surface area contributed by atoms with Crippen molar-refractivity contribution >= 4 is 12.8 Å². The Morgan fingerprint density at radius 2 is 1.96 bits per heavy atom. The number of amides is 1. The van der Waals surface area contributed by atoms with Crippen molar-refractivity contribution in [2.45, 2.75) is 51.9 Å². The highest BCUT2D eigenvalue weighted by Crippen LogP contribution is 2.35. The largest absolute Gasteiger partial charge is 0.444 e. The number of carbonyl (C=O) groups excluding carboxylic acids is 1. The SMILES string of the molecule is C=N/C=C\C(=C(/C)N)N1C[C@@H](NC(=O)OC(C)(C)C)C[C@@H](C(F)(F)F)C1. The van der Waals surface area contributed by atoms with Crippen molar-refractivity contribution in [1.29, 1.82) is 0 Å². The van der Waals surface area contributed by atoms with Gasteiger partial charge in [0.25, 0.3) is 0 Å². The van der Waals surface area contributed by atoms with Crippen molar-refractivity contribution in [1.82, 2.24) is 10.2 Å². The second-order valence-corrected chi connectivity index (χ2v) is 7.29. The lowest BCUT2D eigenvalue weighted by molar-refractivity contribution is -0.187. The third-order valence-corrected chi connectivity index (χ3v) is 3.72. The maximum absolute atomic E-state index is 13.3. The molecule has 1 fully saturated rings. The summed E-state index contributed by atoms with van der Waals surface area (Å²) in [6.07, 6.45) is -2.49. The molecule has 148 valence electrons. The molecule has 0 aromatic rings. The zero-order valence-corrected chi connectivity index (χ0v) is 15.6. The first-order valence-corrected chi connectivity index (χ1v) is 8.23. The number of piperidine rings is 1. The van der Waals surface area contributed by atoms with E-state index in [9.17, 15) is 18.0 Å². The summed E-state index contributed by atoms with van der Waals surface area (Å²) in [5.74, 6) is -1.60. The number of allylic oxidation sites excluding steroid dienone is 2. The van der Waals surface area contributed by atoms with Gasteiger partial charge in [0.1, 0.15) is 5.60 Å². The van der Waals surface area contributed by atoms with Crippen LogP contribution in [0.1, 0.15) is 34.1 Å². The summed E-state index contributed by atoms with van der Waals surface area (Å²) in [4.78, 5) is 17.0. The summed E-state index contributed by atoms with van der Waals surface area (Å²) in [5, 5.41) is 2.53. The summed E-state index contributed by atoms with van der Waals surface area (Å²) >= 11 is 0. The van der Waals surface area contributed by atoms with Crippen LogP contribution in [-0.2, 0) is 4.74 Å². The van der Waals surface area contributed by atoms with Crippen molar-refractivity contribution in [2.75, 3.05) is 13.1 Å². The van der Waals surface area contributed by atoms with E-state index in [4.69, 9.17) is 10.5 Å². The first kappa shape index (κ1) is 21.9. The normalized spacial score (nSPS) is 22.8. The highest BCUT2D eigenvalue weighted by Gasteiger charge is 2.45. The third kappa shape index (κ3) is 6.97. The Morgan fingerprint density at radius 3 is 2.42 bits per heavy atom. The van der Waals surface area contributed by atoms with Gasteiger partial charge in [-0.3, -0.25) is 4.99 Å². The number of alkyl halides is 3. The number of hydrogen-bond acceptors (Lipinski definition) is 5. The average molecular weight is 376 g/mol. The lowest BCUT2D eigenvalue weighted by atomic mass is 9.93. The lowest BCUT2D eigenvalue weighted by Gasteiger charge is -2.40. The van der Waals surface area contributed by atoms with Gasteiger partial charge in [0.2, 0.25) is 0 Å². The molecule has 0 aliphatic carbocycles. The Hall–Kier alpha value is -2.19. The van der Waals surface area contributed by atoms with Crippen LogP contribution in [0.15, 0.2) is 28.7 Å². The molecule has 0 bridgehead atoms. The van der Waals surface area contributed by atoms with Crippen LogP contribution >= 0.6 is 0 Å². The lowest BCUT2D eigenvalue weighted by Crippen LogP contribution is -2.54. The molecule has 1 rings (SSSR count). The fourth-order valence-corrected chi connectivity index (χ4v) is 2.72. The van der Waals surface area contributed by atoms with Crippen LogP contribution in [0, 0.1) is 5.92 Å². The third-order valence-electron chi connectivity index (χ3n) is 3.72. The van der Waals surface area contributed by atoms with Gasteiger partial charge in [0.05, 0.1) is 17.7 Å². The first-order valence-electron chi connectivity index (χ1n) is 8.23. The number of aliphatic imine (C=N–C) groups is 1. The number of nitrogens with one attached hydrogen (secondary N) is 1. The number of nitrogens with zero attached hydrogens (tertiary/aromatic N) is 2. The van der Waals surface area contributed by atoms with E-state index in [0.717, 1.165) is 0 Å². The number of halogens is 3. The van der Waals surface area contributed by atoms with Crippen LogP contribution in [0.4, 0.5) is 18.0 Å². The minimum absolute atomic E-state index is 0.178. The minimum atomic E-state index is -4.39. The van der Waals surface area contributed by atoms with Crippen LogP contribution in [0.3, 0.4) is 0 Å². The van der Waals surface area contributed by atoms with Gasteiger partial charge in [-0.1, -0.05) is 0 Å². The second kappa shape index (κ2) is 8.46. The Bertz CT molecular complexity index is 576. The molecule has 2 atom stereocenters. The average Bonchev–Trinajstić information content (AvgIpc) is 2.44. The smallest absolute Gasteiger partial charge is 0.407 e. The molecule has 0 aromatic heterocycles. The van der Waals surface area contributed by atoms with Gasteiger partial charge in [-0.15, -0.1) is 0 Å². The second-order valence-electron chi connectivity index (χ2n) is 7.29. The van der Waals surface area contributed by atoms with Gasteiger partial charge in [-0.25, -0.2) is 4.79 Å².